The molecule has 2 unspecified atom stereocenters. The summed E-state index contributed by atoms with van der Waals surface area (Å²) in [6.07, 6.45) is -1.63. The second-order valence-corrected chi connectivity index (χ2v) is 11.4. The number of hydrogen-bond acceptors (Lipinski definition) is 16. The third kappa shape index (κ3) is 11.2. The minimum Gasteiger partial charge on any atom is -0.435 e. The fourth-order valence-corrected chi connectivity index (χ4v) is 5.12. The highest BCUT2D eigenvalue weighted by Gasteiger charge is 2.26. The summed E-state index contributed by atoms with van der Waals surface area (Å²) in [5.74, 6) is 0.0971. The molecular weight excluding hydrogens is 706 g/mol. The number of aryl methyl sites for hydroxylation is 1. The molecule has 0 saturated heterocycles. The largest absolute Gasteiger partial charge is 0.511 e. The van der Waals surface area contributed by atoms with Gasteiger partial charge in [0.15, 0.2) is 10.8 Å². The SMILES string of the molecule is CCCCc1nc(Cl)c(C(=O)OC(C)OC(=O)OCC)n1Cc1ccc(-c2ccccc2-c2nnn(C(C)OC(=O)OCCCON(O)O)n2)cc1. The predicted molar refractivity (Wildman–Crippen MR) is 180 cm³/mol. The van der Waals surface area contributed by atoms with Crippen molar-refractivity contribution in [3.05, 3.63) is 70.8 Å². The van der Waals surface area contributed by atoms with Gasteiger partial charge in [0.05, 0.1) is 25.2 Å². The van der Waals surface area contributed by atoms with Crippen LogP contribution in [0.4, 0.5) is 9.59 Å². The fourth-order valence-electron chi connectivity index (χ4n) is 4.85. The summed E-state index contributed by atoms with van der Waals surface area (Å²) >= 11 is 6.46. The predicted octanol–water partition coefficient (Wildman–Crippen LogP) is 6.00. The first kappa shape index (κ1) is 39.6. The molecule has 0 saturated carbocycles. The number of esters is 1. The number of ether oxygens (including phenoxy) is 5. The topological polar surface area (TPSA) is 212 Å². The molecule has 0 amide bonds. The average Bonchev–Trinajstić information content (AvgIpc) is 3.72. The zero-order valence-corrected chi connectivity index (χ0v) is 29.8. The second kappa shape index (κ2) is 19.5. The number of nitrogens with zero attached hydrogens (tertiary/aromatic N) is 7. The van der Waals surface area contributed by atoms with E-state index in [1.807, 2.05) is 55.5 Å². The lowest BCUT2D eigenvalue weighted by molar-refractivity contribution is -0.492. The van der Waals surface area contributed by atoms with E-state index in [0.717, 1.165) is 34.3 Å². The second-order valence-electron chi connectivity index (χ2n) is 11.1. The number of imidazole rings is 1. The van der Waals surface area contributed by atoms with Crippen molar-refractivity contribution in [3.8, 4) is 22.5 Å². The Labute approximate surface area is 303 Å². The molecule has 0 aliphatic carbocycles. The van der Waals surface area contributed by atoms with Crippen LogP contribution in [-0.2, 0) is 41.5 Å². The Morgan fingerprint density at radius 3 is 2.31 bits per heavy atom. The molecule has 2 aromatic carbocycles. The molecule has 2 aromatic heterocycles. The smallest absolute Gasteiger partial charge is 0.435 e. The van der Waals surface area contributed by atoms with Gasteiger partial charge in [-0.05, 0) is 42.2 Å². The van der Waals surface area contributed by atoms with Gasteiger partial charge in [0, 0.05) is 31.9 Å². The molecule has 19 heteroatoms. The molecular formula is C33H40ClN7O11. The number of halogens is 1. The van der Waals surface area contributed by atoms with E-state index in [1.54, 1.807) is 18.4 Å². The number of carbonyl (C=O) groups excluding carboxylic acids is 3. The van der Waals surface area contributed by atoms with Crippen molar-refractivity contribution in [2.45, 2.75) is 72.4 Å². The van der Waals surface area contributed by atoms with E-state index in [0.29, 0.717) is 17.8 Å². The van der Waals surface area contributed by atoms with Gasteiger partial charge in [0.2, 0.25) is 18.3 Å². The van der Waals surface area contributed by atoms with Crippen molar-refractivity contribution < 1.29 is 53.3 Å². The lowest BCUT2D eigenvalue weighted by Crippen LogP contribution is -2.24. The van der Waals surface area contributed by atoms with Crippen LogP contribution in [0.1, 0.15) is 75.1 Å². The van der Waals surface area contributed by atoms with E-state index >= 15 is 0 Å². The van der Waals surface area contributed by atoms with Gasteiger partial charge in [-0.15, -0.1) is 15.0 Å². The maximum Gasteiger partial charge on any atom is 0.511 e. The van der Waals surface area contributed by atoms with Crippen molar-refractivity contribution in [1.82, 2.24) is 35.1 Å². The van der Waals surface area contributed by atoms with Crippen LogP contribution in [0.2, 0.25) is 5.15 Å². The molecule has 0 spiro atoms. The summed E-state index contributed by atoms with van der Waals surface area (Å²) in [5.41, 5.74) is 3.20. The molecule has 18 nitrogen and oxygen atoms in total. The van der Waals surface area contributed by atoms with Crippen LogP contribution in [0, 0.1) is 0 Å². The van der Waals surface area contributed by atoms with Gasteiger partial charge in [0.1, 0.15) is 5.82 Å². The van der Waals surface area contributed by atoms with Crippen LogP contribution in [0.3, 0.4) is 0 Å². The monoisotopic (exact) mass is 745 g/mol. The molecule has 0 bridgehead atoms. The molecule has 0 fully saturated rings. The fraction of sp³-hybridized carbons (Fsp3) is 0.424. The summed E-state index contributed by atoms with van der Waals surface area (Å²) in [4.78, 5) is 47.0. The molecule has 4 rings (SSSR count). The molecule has 0 aliphatic heterocycles. The molecule has 0 radical (unpaired) electrons. The Hall–Kier alpha value is -5.14. The molecule has 2 heterocycles. The number of benzene rings is 2. The number of hydrogen-bond donors (Lipinski definition) is 2. The van der Waals surface area contributed by atoms with Gasteiger partial charge in [-0.3, -0.25) is 15.3 Å². The molecule has 280 valence electrons. The van der Waals surface area contributed by atoms with Crippen molar-refractivity contribution in [1.29, 1.82) is 0 Å². The van der Waals surface area contributed by atoms with Crippen LogP contribution >= 0.6 is 11.6 Å². The van der Waals surface area contributed by atoms with E-state index in [2.05, 4.69) is 25.2 Å². The Kier molecular flexibility index (Phi) is 14.8. The van der Waals surface area contributed by atoms with Gasteiger partial charge in [-0.1, -0.05) is 73.5 Å². The molecule has 52 heavy (non-hydrogen) atoms. The van der Waals surface area contributed by atoms with E-state index in [-0.39, 0.29) is 49.5 Å². The van der Waals surface area contributed by atoms with Gasteiger partial charge < -0.3 is 28.3 Å². The Morgan fingerprint density at radius 1 is 0.904 bits per heavy atom. The Bertz CT molecular complexity index is 1780. The normalized spacial score (nSPS) is 12.3. The van der Waals surface area contributed by atoms with Crippen molar-refractivity contribution in [2.75, 3.05) is 19.8 Å². The molecule has 2 N–H and O–H groups in total. The van der Waals surface area contributed by atoms with Crippen molar-refractivity contribution in [3.63, 3.8) is 0 Å². The number of unbranched alkanes of at least 4 members (excludes halogenated alkanes) is 1. The molecule has 2 atom stereocenters. The zero-order chi connectivity index (χ0) is 37.6. The number of rotatable bonds is 18. The third-order valence-electron chi connectivity index (χ3n) is 7.26. The van der Waals surface area contributed by atoms with Gasteiger partial charge >= 0.3 is 18.3 Å². The zero-order valence-electron chi connectivity index (χ0n) is 29.0. The van der Waals surface area contributed by atoms with Crippen molar-refractivity contribution >= 4 is 29.9 Å². The van der Waals surface area contributed by atoms with Crippen LogP contribution < -0.4 is 0 Å². The highest BCUT2D eigenvalue weighted by Crippen LogP contribution is 2.31. The first-order valence-electron chi connectivity index (χ1n) is 16.4. The Morgan fingerprint density at radius 2 is 1.62 bits per heavy atom. The van der Waals surface area contributed by atoms with E-state index in [1.165, 1.54) is 6.92 Å². The van der Waals surface area contributed by atoms with E-state index in [9.17, 15) is 14.4 Å². The van der Waals surface area contributed by atoms with Crippen LogP contribution in [0.25, 0.3) is 22.5 Å². The molecule has 0 aliphatic rings. The minimum atomic E-state index is -1.22. The lowest BCUT2D eigenvalue weighted by atomic mass is 9.98. The Balaban J connectivity index is 1.48. The number of carbonyl (C=O) groups is 3. The summed E-state index contributed by atoms with van der Waals surface area (Å²) in [5, 5.41) is 29.2. The summed E-state index contributed by atoms with van der Waals surface area (Å²) in [7, 11) is 0. The summed E-state index contributed by atoms with van der Waals surface area (Å²) in [6, 6.07) is 15.1. The number of aromatic nitrogens is 6. The van der Waals surface area contributed by atoms with E-state index < -0.39 is 36.2 Å². The lowest BCUT2D eigenvalue weighted by Gasteiger charge is -2.16. The van der Waals surface area contributed by atoms with Crippen molar-refractivity contribution in [2.24, 2.45) is 0 Å². The van der Waals surface area contributed by atoms with Gasteiger partial charge in [-0.2, -0.15) is 0 Å². The maximum atomic E-state index is 13.2. The average molecular weight is 746 g/mol. The quantitative estimate of drug-likeness (QED) is 0.0393. The highest BCUT2D eigenvalue weighted by atomic mass is 35.5. The van der Waals surface area contributed by atoms with Crippen LogP contribution in [0.15, 0.2) is 48.5 Å². The first-order chi connectivity index (χ1) is 25.0. The highest BCUT2D eigenvalue weighted by molar-refractivity contribution is 6.32. The standard InChI is InChI=1S/C33H40ClN7O11/c1-5-7-13-27-35-29(34)28(31(42)51-22(4)52-32(43)47-6-2)39(27)20-23-14-16-24(17-15-23)25-11-8-9-12-26(25)30-36-38-40(37-30)21(3)50-33(44)48-18-10-19-49-41(45)46/h8-9,11-12,14-17,21-22,45-46H,5-7,10,13,18-20H2,1-4H3. The first-order valence-corrected chi connectivity index (χ1v) is 16.8. The maximum absolute atomic E-state index is 13.2. The van der Waals surface area contributed by atoms with Crippen LogP contribution in [0.5, 0.6) is 0 Å². The van der Waals surface area contributed by atoms with Gasteiger partial charge in [-0.25, -0.2) is 19.4 Å². The third-order valence-corrected chi connectivity index (χ3v) is 7.52. The van der Waals surface area contributed by atoms with E-state index in [4.69, 9.17) is 45.7 Å². The minimum absolute atomic E-state index is 0.0217. The molecule has 4 aromatic rings. The summed E-state index contributed by atoms with van der Waals surface area (Å²) < 4.78 is 26.9. The van der Waals surface area contributed by atoms with Gasteiger partial charge in [0.25, 0.3) is 0 Å². The summed E-state index contributed by atoms with van der Waals surface area (Å²) in [6.45, 7) is 6.79. The number of tetrazole rings is 1. The van der Waals surface area contributed by atoms with Crippen LogP contribution in [-0.4, -0.2) is 90.0 Å².